The molecule has 1 fully saturated rings. The van der Waals surface area contributed by atoms with Gasteiger partial charge in [0.05, 0.1) is 17.6 Å². The van der Waals surface area contributed by atoms with Crippen LogP contribution in [0.15, 0.2) is 24.4 Å². The van der Waals surface area contributed by atoms with Crippen molar-refractivity contribution in [2.24, 2.45) is 18.7 Å². The largest absolute Gasteiger partial charge is 0.369 e. The highest BCUT2D eigenvalue weighted by Crippen LogP contribution is 2.27. The van der Waals surface area contributed by atoms with Gasteiger partial charge in [0.25, 0.3) is 0 Å². The fourth-order valence-electron chi connectivity index (χ4n) is 2.45. The van der Waals surface area contributed by atoms with Crippen molar-refractivity contribution in [1.29, 1.82) is 0 Å². The van der Waals surface area contributed by atoms with Gasteiger partial charge in [0, 0.05) is 31.1 Å². The van der Waals surface area contributed by atoms with Crippen molar-refractivity contribution in [2.75, 3.05) is 11.4 Å². The van der Waals surface area contributed by atoms with Gasteiger partial charge in [0.15, 0.2) is 0 Å². The second-order valence-corrected chi connectivity index (χ2v) is 4.82. The highest BCUT2D eigenvalue weighted by Gasteiger charge is 2.33. The Kier molecular flexibility index (Phi) is 2.51. The molecule has 2 heterocycles. The van der Waals surface area contributed by atoms with Gasteiger partial charge in [-0.1, -0.05) is 0 Å². The molecule has 1 saturated heterocycles. The van der Waals surface area contributed by atoms with E-state index in [-0.39, 0.29) is 12.3 Å². The second kappa shape index (κ2) is 4.08. The number of carbonyl (C=O) groups excluding carboxylic acids is 2. The number of rotatable bonds is 2. The van der Waals surface area contributed by atoms with Crippen molar-refractivity contribution in [2.45, 2.75) is 6.42 Å². The second-order valence-electron chi connectivity index (χ2n) is 4.82. The van der Waals surface area contributed by atoms with Gasteiger partial charge in [0.2, 0.25) is 11.8 Å². The molecule has 1 unspecified atom stereocenters. The normalized spacial score (nSPS) is 19.3. The third-order valence-electron chi connectivity index (χ3n) is 3.57. The van der Waals surface area contributed by atoms with Crippen LogP contribution in [0.1, 0.15) is 6.42 Å². The predicted octanol–water partition coefficient (Wildman–Crippen LogP) is 0.411. The van der Waals surface area contributed by atoms with Crippen LogP contribution < -0.4 is 10.6 Å². The summed E-state index contributed by atoms with van der Waals surface area (Å²) in [5, 5.41) is 5.18. The summed E-state index contributed by atoms with van der Waals surface area (Å²) in [5.41, 5.74) is 7.00. The summed E-state index contributed by atoms with van der Waals surface area (Å²) in [7, 11) is 1.85. The molecule has 0 bridgehead atoms. The lowest BCUT2D eigenvalue weighted by molar-refractivity contribution is -0.123. The zero-order valence-electron chi connectivity index (χ0n) is 10.5. The minimum absolute atomic E-state index is 0.0645. The monoisotopic (exact) mass is 258 g/mol. The van der Waals surface area contributed by atoms with E-state index < -0.39 is 11.8 Å². The first kappa shape index (κ1) is 11.7. The zero-order valence-corrected chi connectivity index (χ0v) is 10.5. The molecule has 1 atom stereocenters. The SMILES string of the molecule is Cn1ncc2ccc(N3CC(C(N)=O)CC3=O)cc21. The first-order valence-corrected chi connectivity index (χ1v) is 6.07. The number of nitrogens with zero attached hydrogens (tertiary/aromatic N) is 3. The van der Waals surface area contributed by atoms with Gasteiger partial charge < -0.3 is 10.6 Å². The minimum Gasteiger partial charge on any atom is -0.369 e. The molecule has 2 amide bonds. The standard InChI is InChI=1S/C13H14N4O2/c1-16-11-5-10(3-2-8(11)6-15-16)17-7-9(13(14)19)4-12(17)18/h2-3,5-6,9H,4,7H2,1H3,(H2,14,19). The number of hydrogen-bond donors (Lipinski definition) is 1. The van der Waals surface area contributed by atoms with E-state index in [1.54, 1.807) is 15.8 Å². The van der Waals surface area contributed by atoms with Crippen molar-refractivity contribution in [3.05, 3.63) is 24.4 Å². The minimum atomic E-state index is -0.419. The van der Waals surface area contributed by atoms with Gasteiger partial charge in [-0.25, -0.2) is 0 Å². The van der Waals surface area contributed by atoms with Crippen LogP contribution in [-0.4, -0.2) is 28.1 Å². The third kappa shape index (κ3) is 1.85. The molecular weight excluding hydrogens is 244 g/mol. The molecule has 0 radical (unpaired) electrons. The number of aromatic nitrogens is 2. The number of nitrogens with two attached hydrogens (primary N) is 1. The number of carbonyl (C=O) groups is 2. The molecule has 3 rings (SSSR count). The molecule has 1 aliphatic heterocycles. The highest BCUT2D eigenvalue weighted by molar-refractivity contribution is 6.01. The number of hydrogen-bond acceptors (Lipinski definition) is 3. The summed E-state index contributed by atoms with van der Waals surface area (Å²) in [6, 6.07) is 5.69. The molecular formula is C13H14N4O2. The highest BCUT2D eigenvalue weighted by atomic mass is 16.2. The lowest BCUT2D eigenvalue weighted by Gasteiger charge is -2.16. The molecule has 1 aromatic heterocycles. The average Bonchev–Trinajstić information content (AvgIpc) is 2.93. The first-order valence-electron chi connectivity index (χ1n) is 6.07. The van der Waals surface area contributed by atoms with Crippen molar-refractivity contribution >= 4 is 28.4 Å². The van der Waals surface area contributed by atoms with Gasteiger partial charge in [-0.05, 0) is 18.2 Å². The molecule has 1 aliphatic rings. The number of fused-ring (bicyclic) bond motifs is 1. The molecule has 0 saturated carbocycles. The van der Waals surface area contributed by atoms with Crippen LogP contribution in [0, 0.1) is 5.92 Å². The van der Waals surface area contributed by atoms with Gasteiger partial charge in [0.1, 0.15) is 0 Å². The topological polar surface area (TPSA) is 81.2 Å². The number of amides is 2. The summed E-state index contributed by atoms with van der Waals surface area (Å²) in [5.74, 6) is -0.877. The lowest BCUT2D eigenvalue weighted by Crippen LogP contribution is -2.28. The maximum absolute atomic E-state index is 11.9. The zero-order chi connectivity index (χ0) is 13.6. The Labute approximate surface area is 109 Å². The van der Waals surface area contributed by atoms with Crippen LogP contribution in [0.2, 0.25) is 0 Å². The van der Waals surface area contributed by atoms with Crippen LogP contribution in [0.25, 0.3) is 10.9 Å². The maximum atomic E-state index is 11.9. The molecule has 0 spiro atoms. The van der Waals surface area contributed by atoms with Gasteiger partial charge in [-0.3, -0.25) is 14.3 Å². The van der Waals surface area contributed by atoms with E-state index in [1.807, 2.05) is 25.2 Å². The summed E-state index contributed by atoms with van der Waals surface area (Å²) in [4.78, 5) is 24.7. The summed E-state index contributed by atoms with van der Waals surface area (Å²) in [6.07, 6.45) is 1.97. The van der Waals surface area contributed by atoms with Gasteiger partial charge in [-0.15, -0.1) is 0 Å². The van der Waals surface area contributed by atoms with Crippen LogP contribution in [0.5, 0.6) is 0 Å². The Balaban J connectivity index is 1.98. The Morgan fingerprint density at radius 2 is 2.26 bits per heavy atom. The van der Waals surface area contributed by atoms with E-state index in [0.717, 1.165) is 16.6 Å². The molecule has 0 aliphatic carbocycles. The van der Waals surface area contributed by atoms with E-state index in [9.17, 15) is 9.59 Å². The van der Waals surface area contributed by atoms with Gasteiger partial charge in [-0.2, -0.15) is 5.10 Å². The Morgan fingerprint density at radius 3 is 2.95 bits per heavy atom. The molecule has 2 aromatic rings. The lowest BCUT2D eigenvalue weighted by atomic mass is 10.1. The molecule has 2 N–H and O–H groups in total. The Bertz CT molecular complexity index is 676. The Morgan fingerprint density at radius 1 is 1.47 bits per heavy atom. The van der Waals surface area contributed by atoms with E-state index >= 15 is 0 Å². The van der Waals surface area contributed by atoms with E-state index in [4.69, 9.17) is 5.73 Å². The van der Waals surface area contributed by atoms with Crippen LogP contribution >= 0.6 is 0 Å². The van der Waals surface area contributed by atoms with E-state index in [0.29, 0.717) is 6.54 Å². The van der Waals surface area contributed by atoms with Crippen molar-refractivity contribution in [1.82, 2.24) is 9.78 Å². The van der Waals surface area contributed by atoms with Gasteiger partial charge >= 0.3 is 0 Å². The number of aryl methyl sites for hydroxylation is 1. The first-order chi connectivity index (χ1) is 9.06. The summed E-state index contributed by atoms with van der Waals surface area (Å²) >= 11 is 0. The average molecular weight is 258 g/mol. The van der Waals surface area contributed by atoms with Crippen molar-refractivity contribution < 1.29 is 9.59 Å². The number of benzene rings is 1. The summed E-state index contributed by atoms with van der Waals surface area (Å²) < 4.78 is 1.75. The van der Waals surface area contributed by atoms with Crippen LogP contribution in [-0.2, 0) is 16.6 Å². The Hall–Kier alpha value is -2.37. The van der Waals surface area contributed by atoms with Crippen molar-refractivity contribution in [3.63, 3.8) is 0 Å². The molecule has 1 aromatic carbocycles. The molecule has 98 valence electrons. The number of anilines is 1. The molecule has 6 heteroatoms. The van der Waals surface area contributed by atoms with E-state index in [2.05, 4.69) is 5.10 Å². The fraction of sp³-hybridized carbons (Fsp3) is 0.308. The molecule has 6 nitrogen and oxygen atoms in total. The van der Waals surface area contributed by atoms with Crippen LogP contribution in [0.3, 0.4) is 0 Å². The summed E-state index contributed by atoms with van der Waals surface area (Å²) in [6.45, 7) is 0.359. The maximum Gasteiger partial charge on any atom is 0.227 e. The predicted molar refractivity (Wildman–Crippen MR) is 70.4 cm³/mol. The smallest absolute Gasteiger partial charge is 0.227 e. The van der Waals surface area contributed by atoms with Crippen molar-refractivity contribution in [3.8, 4) is 0 Å². The third-order valence-corrected chi connectivity index (χ3v) is 3.57. The van der Waals surface area contributed by atoms with Crippen LogP contribution in [0.4, 0.5) is 5.69 Å². The molecule has 19 heavy (non-hydrogen) atoms. The number of primary amides is 1. The van der Waals surface area contributed by atoms with E-state index in [1.165, 1.54) is 0 Å². The quantitative estimate of drug-likeness (QED) is 0.847. The fourth-order valence-corrected chi connectivity index (χ4v) is 2.45.